The van der Waals surface area contributed by atoms with Gasteiger partial charge in [-0.05, 0) is 74.6 Å². The van der Waals surface area contributed by atoms with Crippen molar-refractivity contribution in [2.45, 2.75) is 56.8 Å². The molecule has 2 fully saturated rings. The van der Waals surface area contributed by atoms with E-state index in [-0.39, 0.29) is 10.8 Å². The molecule has 1 N–H and O–H groups in total. The molecular formula is C25H33N3O3S. The van der Waals surface area contributed by atoms with Crippen molar-refractivity contribution < 1.29 is 13.2 Å². The Balaban J connectivity index is 1.49. The number of carbonyl (C=O) groups is 1. The molecule has 0 unspecified atom stereocenters. The number of nitrogens with one attached hydrogen (secondary N) is 1. The third-order valence-corrected chi connectivity index (χ3v) is 8.40. The molecule has 2 aromatic rings. The van der Waals surface area contributed by atoms with Gasteiger partial charge in [-0.25, -0.2) is 8.42 Å². The monoisotopic (exact) mass is 455 g/mol. The third kappa shape index (κ3) is 5.15. The van der Waals surface area contributed by atoms with Crippen LogP contribution in [0, 0.1) is 6.92 Å². The largest absolute Gasteiger partial charge is 0.372 e. The van der Waals surface area contributed by atoms with E-state index in [0.717, 1.165) is 37.9 Å². The maximum absolute atomic E-state index is 13.0. The summed E-state index contributed by atoms with van der Waals surface area (Å²) < 4.78 is 27.6. The van der Waals surface area contributed by atoms with Gasteiger partial charge in [0.2, 0.25) is 10.0 Å². The molecule has 0 atom stereocenters. The van der Waals surface area contributed by atoms with Crippen molar-refractivity contribution in [1.82, 2.24) is 4.31 Å². The first-order chi connectivity index (χ1) is 15.4. The van der Waals surface area contributed by atoms with Gasteiger partial charge in [-0.2, -0.15) is 4.31 Å². The van der Waals surface area contributed by atoms with Crippen molar-refractivity contribution in [1.29, 1.82) is 0 Å². The molecule has 2 saturated heterocycles. The second-order valence-electron chi connectivity index (χ2n) is 8.84. The summed E-state index contributed by atoms with van der Waals surface area (Å²) in [5.74, 6) is -0.291. The van der Waals surface area contributed by atoms with E-state index < -0.39 is 10.0 Å². The Morgan fingerprint density at radius 3 is 2.06 bits per heavy atom. The molecule has 1 amide bonds. The molecule has 0 bridgehead atoms. The van der Waals surface area contributed by atoms with Gasteiger partial charge in [0.05, 0.1) is 4.90 Å². The fourth-order valence-corrected chi connectivity index (χ4v) is 6.09. The van der Waals surface area contributed by atoms with Crippen LogP contribution in [0.2, 0.25) is 0 Å². The standard InChI is InChI=1S/C25H33N3O3S/c1-20-9-14-23(32(30,31)28-17-7-4-8-18-28)19-24(20)25(29)26-21-10-12-22(13-11-21)27-15-5-2-3-6-16-27/h9-14,19H,2-8,15-18H2,1H3,(H,26,29). The average Bonchev–Trinajstić information content (AvgIpc) is 3.10. The van der Waals surface area contributed by atoms with E-state index in [0.29, 0.717) is 24.3 Å². The van der Waals surface area contributed by atoms with Crippen molar-refractivity contribution in [2.75, 3.05) is 36.4 Å². The Hall–Kier alpha value is -2.38. The van der Waals surface area contributed by atoms with Gasteiger partial charge in [-0.3, -0.25) is 4.79 Å². The summed E-state index contributed by atoms with van der Waals surface area (Å²) in [4.78, 5) is 15.6. The number of amides is 1. The Bertz CT molecular complexity index is 1040. The van der Waals surface area contributed by atoms with Gasteiger partial charge in [0.25, 0.3) is 5.91 Å². The smallest absolute Gasteiger partial charge is 0.255 e. The van der Waals surface area contributed by atoms with E-state index >= 15 is 0 Å². The highest BCUT2D eigenvalue weighted by atomic mass is 32.2. The van der Waals surface area contributed by atoms with Crippen LogP contribution in [0.15, 0.2) is 47.4 Å². The van der Waals surface area contributed by atoms with Crippen LogP contribution in [0.3, 0.4) is 0 Å². The number of hydrogen-bond acceptors (Lipinski definition) is 4. The van der Waals surface area contributed by atoms with Crippen LogP contribution in [0.1, 0.15) is 60.9 Å². The van der Waals surface area contributed by atoms with Gasteiger partial charge in [-0.15, -0.1) is 0 Å². The average molecular weight is 456 g/mol. The molecule has 32 heavy (non-hydrogen) atoms. The first-order valence-electron chi connectivity index (χ1n) is 11.7. The van der Waals surface area contributed by atoms with Crippen molar-refractivity contribution in [2.24, 2.45) is 0 Å². The maximum Gasteiger partial charge on any atom is 0.255 e. The van der Waals surface area contributed by atoms with E-state index in [1.165, 1.54) is 41.7 Å². The maximum atomic E-state index is 13.0. The number of sulfonamides is 1. The minimum atomic E-state index is -3.58. The van der Waals surface area contributed by atoms with Crippen molar-refractivity contribution in [3.05, 3.63) is 53.6 Å². The number of carbonyl (C=O) groups excluding carboxylic acids is 1. The van der Waals surface area contributed by atoms with E-state index in [2.05, 4.69) is 10.2 Å². The summed E-state index contributed by atoms with van der Waals surface area (Å²) in [6.07, 6.45) is 7.83. The van der Waals surface area contributed by atoms with Gasteiger partial charge < -0.3 is 10.2 Å². The molecule has 0 aliphatic carbocycles. The normalized spacial score (nSPS) is 18.2. The molecule has 6 nitrogen and oxygen atoms in total. The Kier molecular flexibility index (Phi) is 7.16. The molecule has 0 aromatic heterocycles. The van der Waals surface area contributed by atoms with Crippen LogP contribution < -0.4 is 10.2 Å². The fraction of sp³-hybridized carbons (Fsp3) is 0.480. The fourth-order valence-electron chi connectivity index (χ4n) is 4.54. The predicted octanol–water partition coefficient (Wildman–Crippen LogP) is 4.80. The molecule has 4 rings (SSSR count). The highest BCUT2D eigenvalue weighted by Gasteiger charge is 2.27. The Morgan fingerprint density at radius 2 is 1.41 bits per heavy atom. The van der Waals surface area contributed by atoms with E-state index in [9.17, 15) is 13.2 Å². The van der Waals surface area contributed by atoms with E-state index in [1.807, 2.05) is 31.2 Å². The minimum Gasteiger partial charge on any atom is -0.372 e. The molecule has 7 heteroatoms. The van der Waals surface area contributed by atoms with E-state index in [4.69, 9.17) is 0 Å². The first kappa shape index (κ1) is 22.8. The lowest BCUT2D eigenvalue weighted by Crippen LogP contribution is -2.35. The summed E-state index contributed by atoms with van der Waals surface area (Å²) in [6, 6.07) is 12.8. The summed E-state index contributed by atoms with van der Waals surface area (Å²) in [6.45, 7) is 5.06. The zero-order valence-corrected chi connectivity index (χ0v) is 19.7. The predicted molar refractivity (Wildman–Crippen MR) is 129 cm³/mol. The molecule has 0 spiro atoms. The number of anilines is 2. The lowest BCUT2D eigenvalue weighted by molar-refractivity contribution is 0.102. The zero-order chi connectivity index (χ0) is 22.6. The lowest BCUT2D eigenvalue weighted by Gasteiger charge is -2.26. The Labute approximate surface area is 191 Å². The highest BCUT2D eigenvalue weighted by Crippen LogP contribution is 2.25. The van der Waals surface area contributed by atoms with Gasteiger partial charge in [-0.1, -0.05) is 25.3 Å². The first-order valence-corrected chi connectivity index (χ1v) is 13.2. The molecule has 172 valence electrons. The quantitative estimate of drug-likeness (QED) is 0.703. The second-order valence-corrected chi connectivity index (χ2v) is 10.8. The van der Waals surface area contributed by atoms with Crippen LogP contribution in [0.25, 0.3) is 0 Å². The number of benzene rings is 2. The van der Waals surface area contributed by atoms with Gasteiger partial charge in [0.1, 0.15) is 0 Å². The summed E-state index contributed by atoms with van der Waals surface area (Å²) in [5, 5.41) is 2.93. The molecule has 0 saturated carbocycles. The molecule has 2 aliphatic rings. The van der Waals surface area contributed by atoms with Crippen molar-refractivity contribution >= 4 is 27.3 Å². The number of hydrogen-bond donors (Lipinski definition) is 1. The molecule has 2 aromatic carbocycles. The number of piperidine rings is 1. The second kappa shape index (κ2) is 10.0. The van der Waals surface area contributed by atoms with Crippen molar-refractivity contribution in [3.63, 3.8) is 0 Å². The van der Waals surface area contributed by atoms with Crippen LogP contribution in [0.5, 0.6) is 0 Å². The number of aryl methyl sites for hydroxylation is 1. The topological polar surface area (TPSA) is 69.7 Å². The SMILES string of the molecule is Cc1ccc(S(=O)(=O)N2CCCCC2)cc1C(=O)Nc1ccc(N2CCCCCC2)cc1. The molecule has 0 radical (unpaired) electrons. The van der Waals surface area contributed by atoms with E-state index in [1.54, 1.807) is 12.1 Å². The van der Waals surface area contributed by atoms with Crippen LogP contribution in [-0.2, 0) is 10.0 Å². The highest BCUT2D eigenvalue weighted by molar-refractivity contribution is 7.89. The summed E-state index contributed by atoms with van der Waals surface area (Å²) >= 11 is 0. The van der Waals surface area contributed by atoms with Crippen molar-refractivity contribution in [3.8, 4) is 0 Å². The zero-order valence-electron chi connectivity index (χ0n) is 18.8. The minimum absolute atomic E-state index is 0.187. The Morgan fingerprint density at radius 1 is 0.812 bits per heavy atom. The van der Waals surface area contributed by atoms with Crippen LogP contribution >= 0.6 is 0 Å². The van der Waals surface area contributed by atoms with Gasteiger partial charge in [0.15, 0.2) is 0 Å². The third-order valence-electron chi connectivity index (χ3n) is 6.50. The van der Waals surface area contributed by atoms with Crippen LogP contribution in [-0.4, -0.2) is 44.8 Å². The van der Waals surface area contributed by atoms with Gasteiger partial charge >= 0.3 is 0 Å². The number of rotatable bonds is 5. The summed E-state index contributed by atoms with van der Waals surface area (Å²) in [7, 11) is -3.58. The summed E-state index contributed by atoms with van der Waals surface area (Å²) in [5.41, 5.74) is 3.02. The lowest BCUT2D eigenvalue weighted by atomic mass is 10.1. The van der Waals surface area contributed by atoms with Gasteiger partial charge in [0, 0.05) is 43.1 Å². The molecule has 2 aliphatic heterocycles. The van der Waals surface area contributed by atoms with Crippen LogP contribution in [0.4, 0.5) is 11.4 Å². The number of nitrogens with zero attached hydrogens (tertiary/aromatic N) is 2. The molecule has 2 heterocycles. The molecular weight excluding hydrogens is 422 g/mol.